The van der Waals surface area contributed by atoms with E-state index in [2.05, 4.69) is 4.99 Å². The van der Waals surface area contributed by atoms with Crippen LogP contribution in [0.4, 0.5) is 0 Å². The smallest absolute Gasteiger partial charge is 0.338 e. The molecule has 2 aromatic heterocycles. The van der Waals surface area contributed by atoms with Crippen LogP contribution in [0.1, 0.15) is 24.3 Å². The van der Waals surface area contributed by atoms with Crippen LogP contribution >= 0.6 is 22.9 Å². The number of aromatic nitrogens is 1. The molecule has 3 aromatic rings. The number of hydrogen-bond donors (Lipinski definition) is 0. The average Bonchev–Trinajstić information content (AvgIpc) is 3.29. The van der Waals surface area contributed by atoms with Crippen LogP contribution in [0.5, 0.6) is 0 Å². The molecule has 0 fully saturated rings. The molecular formula is C20H15ClN2O4S. The predicted molar refractivity (Wildman–Crippen MR) is 106 cm³/mol. The Morgan fingerprint density at radius 1 is 1.32 bits per heavy atom. The number of methoxy groups -OCH3 is 1. The highest BCUT2D eigenvalue weighted by molar-refractivity contribution is 7.07. The van der Waals surface area contributed by atoms with Crippen molar-refractivity contribution in [2.45, 2.75) is 13.0 Å². The number of thiazole rings is 1. The normalized spacial score (nSPS) is 16.7. The quantitative estimate of drug-likeness (QED) is 0.617. The van der Waals surface area contributed by atoms with Gasteiger partial charge >= 0.3 is 5.97 Å². The van der Waals surface area contributed by atoms with E-state index in [-0.39, 0.29) is 5.56 Å². The minimum Gasteiger partial charge on any atom is -0.466 e. The molecule has 0 aliphatic carbocycles. The number of allylic oxidation sites excluding steroid dienone is 1. The first kappa shape index (κ1) is 18.5. The van der Waals surface area contributed by atoms with E-state index in [9.17, 15) is 9.59 Å². The largest absolute Gasteiger partial charge is 0.466 e. The number of rotatable bonds is 3. The molecule has 0 bridgehead atoms. The number of carbonyl (C=O) groups is 1. The highest BCUT2D eigenvalue weighted by atomic mass is 35.5. The molecule has 0 amide bonds. The third-order valence-corrected chi connectivity index (χ3v) is 5.66. The van der Waals surface area contributed by atoms with Crippen LogP contribution in [0.15, 0.2) is 68.1 Å². The second-order valence-electron chi connectivity index (χ2n) is 6.14. The molecule has 142 valence electrons. The van der Waals surface area contributed by atoms with Crippen molar-refractivity contribution < 1.29 is 13.9 Å². The first-order chi connectivity index (χ1) is 13.5. The first-order valence-electron chi connectivity index (χ1n) is 8.39. The van der Waals surface area contributed by atoms with Crippen LogP contribution < -0.4 is 14.9 Å². The Balaban J connectivity index is 2.00. The number of fused-ring (bicyclic) bond motifs is 1. The third-order valence-electron chi connectivity index (χ3n) is 4.43. The van der Waals surface area contributed by atoms with Gasteiger partial charge in [0.2, 0.25) is 0 Å². The molecule has 8 heteroatoms. The standard InChI is InChI=1S/C20H15ClN2O4S/c1-11-16(19(25)26-2)17(12-5-7-13(21)8-6-12)23-18(24)15(28-20(23)22-11)10-14-4-3-9-27-14/h3-10,17H,1-2H3/b15-10+/t17-/m0/s1. The van der Waals surface area contributed by atoms with E-state index in [4.69, 9.17) is 20.8 Å². The van der Waals surface area contributed by atoms with Crippen LogP contribution in [0, 0.1) is 0 Å². The van der Waals surface area contributed by atoms with E-state index in [1.165, 1.54) is 23.0 Å². The lowest BCUT2D eigenvalue weighted by Crippen LogP contribution is -2.39. The number of halogens is 1. The molecule has 28 heavy (non-hydrogen) atoms. The Labute approximate surface area is 168 Å². The van der Waals surface area contributed by atoms with Crippen molar-refractivity contribution in [3.63, 3.8) is 0 Å². The van der Waals surface area contributed by atoms with Gasteiger partial charge in [-0.2, -0.15) is 0 Å². The summed E-state index contributed by atoms with van der Waals surface area (Å²) < 4.78 is 12.3. The Morgan fingerprint density at radius 3 is 2.71 bits per heavy atom. The summed E-state index contributed by atoms with van der Waals surface area (Å²) >= 11 is 7.26. The summed E-state index contributed by atoms with van der Waals surface area (Å²) in [4.78, 5) is 30.7. The zero-order valence-electron chi connectivity index (χ0n) is 15.0. The van der Waals surface area contributed by atoms with Crippen molar-refractivity contribution in [3.05, 3.63) is 90.0 Å². The lowest BCUT2D eigenvalue weighted by Gasteiger charge is -2.24. The minimum absolute atomic E-state index is 0.256. The predicted octanol–water partition coefficient (Wildman–Crippen LogP) is 2.65. The maximum absolute atomic E-state index is 13.2. The molecule has 0 spiro atoms. The fraction of sp³-hybridized carbons (Fsp3) is 0.150. The van der Waals surface area contributed by atoms with Crippen LogP contribution in [-0.4, -0.2) is 17.6 Å². The van der Waals surface area contributed by atoms with Crippen LogP contribution in [0.3, 0.4) is 0 Å². The Hall–Kier alpha value is -2.90. The summed E-state index contributed by atoms with van der Waals surface area (Å²) in [6, 6.07) is 9.88. The van der Waals surface area contributed by atoms with Gasteiger partial charge in [-0.25, -0.2) is 9.79 Å². The summed E-state index contributed by atoms with van der Waals surface area (Å²) in [6.07, 6.45) is 3.21. The lowest BCUT2D eigenvalue weighted by molar-refractivity contribution is -0.136. The fourth-order valence-corrected chi connectivity index (χ4v) is 4.31. The van der Waals surface area contributed by atoms with Gasteiger partial charge in [-0.05, 0) is 36.8 Å². The second-order valence-corrected chi connectivity index (χ2v) is 7.59. The molecular weight excluding hydrogens is 400 g/mol. The van der Waals surface area contributed by atoms with E-state index in [1.807, 2.05) is 0 Å². The van der Waals surface area contributed by atoms with Gasteiger partial charge in [-0.3, -0.25) is 9.36 Å². The summed E-state index contributed by atoms with van der Waals surface area (Å²) in [6.45, 7) is 1.73. The van der Waals surface area contributed by atoms with Crippen molar-refractivity contribution in [3.8, 4) is 0 Å². The zero-order valence-corrected chi connectivity index (χ0v) is 16.6. The van der Waals surface area contributed by atoms with E-state index in [1.54, 1.807) is 55.7 Å². The molecule has 1 aliphatic heterocycles. The number of furan rings is 1. The maximum atomic E-state index is 13.2. The molecule has 0 radical (unpaired) electrons. The lowest BCUT2D eigenvalue weighted by atomic mass is 9.96. The van der Waals surface area contributed by atoms with E-state index >= 15 is 0 Å². The molecule has 0 unspecified atom stereocenters. The number of ether oxygens (including phenoxy) is 1. The first-order valence-corrected chi connectivity index (χ1v) is 9.59. The van der Waals surface area contributed by atoms with Crippen molar-refractivity contribution in [1.29, 1.82) is 0 Å². The van der Waals surface area contributed by atoms with Gasteiger partial charge in [0.05, 0.1) is 35.2 Å². The molecule has 1 aliphatic rings. The molecule has 1 aromatic carbocycles. The highest BCUT2D eigenvalue weighted by Crippen LogP contribution is 2.31. The van der Waals surface area contributed by atoms with Crippen molar-refractivity contribution in [2.75, 3.05) is 7.11 Å². The van der Waals surface area contributed by atoms with Gasteiger partial charge in [0.15, 0.2) is 4.80 Å². The van der Waals surface area contributed by atoms with Gasteiger partial charge in [0.25, 0.3) is 5.56 Å². The van der Waals surface area contributed by atoms with Crippen LogP contribution in [0.25, 0.3) is 6.08 Å². The van der Waals surface area contributed by atoms with Crippen molar-refractivity contribution in [2.24, 2.45) is 4.99 Å². The number of nitrogens with zero attached hydrogens (tertiary/aromatic N) is 2. The molecule has 0 N–H and O–H groups in total. The molecule has 0 saturated heterocycles. The number of esters is 1. The molecule has 3 heterocycles. The number of benzene rings is 1. The molecule has 6 nitrogen and oxygen atoms in total. The van der Waals surface area contributed by atoms with E-state index < -0.39 is 12.0 Å². The summed E-state index contributed by atoms with van der Waals surface area (Å²) in [5.74, 6) is 0.0405. The summed E-state index contributed by atoms with van der Waals surface area (Å²) in [7, 11) is 1.31. The fourth-order valence-electron chi connectivity index (χ4n) is 3.16. The van der Waals surface area contributed by atoms with Gasteiger partial charge in [0, 0.05) is 11.1 Å². The maximum Gasteiger partial charge on any atom is 0.338 e. The zero-order chi connectivity index (χ0) is 19.8. The van der Waals surface area contributed by atoms with Gasteiger partial charge < -0.3 is 9.15 Å². The van der Waals surface area contributed by atoms with Crippen LogP contribution in [0.2, 0.25) is 5.02 Å². The number of carbonyl (C=O) groups excluding carboxylic acids is 1. The Kier molecular flexibility index (Phi) is 4.78. The number of hydrogen-bond acceptors (Lipinski definition) is 6. The second kappa shape index (κ2) is 7.26. The highest BCUT2D eigenvalue weighted by Gasteiger charge is 2.33. The average molecular weight is 415 g/mol. The topological polar surface area (TPSA) is 73.8 Å². The van der Waals surface area contributed by atoms with Crippen LogP contribution in [-0.2, 0) is 9.53 Å². The summed E-state index contributed by atoms with van der Waals surface area (Å²) in [5, 5.41) is 0.564. The SMILES string of the molecule is COC(=O)C1=C(C)N=c2s/c(=C/c3ccco3)c(=O)n2[C@H]1c1ccc(Cl)cc1. The van der Waals surface area contributed by atoms with Gasteiger partial charge in [-0.1, -0.05) is 35.1 Å². The Morgan fingerprint density at radius 2 is 2.07 bits per heavy atom. The molecule has 1 atom stereocenters. The van der Waals surface area contributed by atoms with Gasteiger partial charge in [-0.15, -0.1) is 0 Å². The molecule has 4 rings (SSSR count). The summed E-state index contributed by atoms with van der Waals surface area (Å²) in [5.41, 5.74) is 1.32. The van der Waals surface area contributed by atoms with Crippen molar-refractivity contribution in [1.82, 2.24) is 4.57 Å². The third kappa shape index (κ3) is 3.12. The Bertz CT molecular complexity index is 1250. The van der Waals surface area contributed by atoms with E-state index in [0.717, 1.165) is 5.56 Å². The molecule has 0 saturated carbocycles. The van der Waals surface area contributed by atoms with Crippen molar-refractivity contribution >= 4 is 35.0 Å². The minimum atomic E-state index is -0.653. The monoisotopic (exact) mass is 414 g/mol. The van der Waals surface area contributed by atoms with Gasteiger partial charge in [0.1, 0.15) is 5.76 Å². The van der Waals surface area contributed by atoms with E-state index in [0.29, 0.717) is 31.4 Å².